The van der Waals surface area contributed by atoms with Gasteiger partial charge >= 0.3 is 0 Å². The van der Waals surface area contributed by atoms with Crippen molar-refractivity contribution in [2.45, 2.75) is 27.4 Å². The molecule has 1 heterocycles. The zero-order chi connectivity index (χ0) is 22.7. The zero-order valence-corrected chi connectivity index (χ0v) is 18.2. The average Bonchev–Trinajstić information content (AvgIpc) is 2.72. The zero-order valence-electron chi connectivity index (χ0n) is 17.5. The second-order valence-corrected chi connectivity index (χ2v) is 6.67. The Hall–Kier alpha value is -3.23. The van der Waals surface area contributed by atoms with Gasteiger partial charge in [0.05, 0.1) is 11.4 Å². The van der Waals surface area contributed by atoms with E-state index in [0.717, 1.165) is 22.4 Å². The van der Waals surface area contributed by atoms with Crippen LogP contribution < -0.4 is 21.3 Å². The smallest absolute Gasteiger partial charge is 0.221 e. The molecule has 0 bridgehead atoms. The molecule has 0 aliphatic heterocycles. The minimum absolute atomic E-state index is 0.115. The average molecular weight is 431 g/mol. The lowest BCUT2D eigenvalue weighted by atomic mass is 10.1. The number of pyridine rings is 1. The Labute approximate surface area is 181 Å². The number of carbonyl (C=O) groups excluding carboxylic acids is 1. The van der Waals surface area contributed by atoms with Crippen molar-refractivity contribution in [2.75, 3.05) is 12.4 Å². The van der Waals surface area contributed by atoms with Gasteiger partial charge in [0.25, 0.3) is 0 Å². The molecule has 0 atom stereocenters. The predicted octanol–water partition coefficient (Wildman–Crippen LogP) is 3.37. The van der Waals surface area contributed by atoms with E-state index in [0.29, 0.717) is 30.2 Å². The number of nitrogens with zero attached hydrogens (tertiary/aromatic N) is 1. The van der Waals surface area contributed by atoms with E-state index in [4.69, 9.17) is 32.0 Å². The number of aryl methyl sites for hydroxylation is 3. The number of carbonyl (C=O) groups is 1. The molecule has 1 aromatic carbocycles. The highest BCUT2D eigenvalue weighted by Gasteiger charge is 2.12. The van der Waals surface area contributed by atoms with E-state index >= 15 is 0 Å². The van der Waals surface area contributed by atoms with Gasteiger partial charge in [0.15, 0.2) is 0 Å². The minimum atomic E-state index is -0.115. The number of benzene rings is 1. The summed E-state index contributed by atoms with van der Waals surface area (Å²) in [6.45, 7) is 6.21. The second kappa shape index (κ2) is 12.4. The van der Waals surface area contributed by atoms with Crippen molar-refractivity contribution in [2.24, 2.45) is 5.84 Å². The van der Waals surface area contributed by atoms with Crippen LogP contribution in [0.25, 0.3) is 0 Å². The van der Waals surface area contributed by atoms with Crippen molar-refractivity contribution in [3.8, 4) is 5.88 Å². The Morgan fingerprint density at radius 2 is 1.90 bits per heavy atom. The van der Waals surface area contributed by atoms with Crippen LogP contribution in [0.15, 0.2) is 36.4 Å². The third-order valence-corrected chi connectivity index (χ3v) is 4.27. The standard InChI is InChI=1S/C20H23ClN4O.CH4N2O/c1-12-6-5-7-18(24-4)16(12)11-26-20-13(2)10-15(14(3)25-20)17(22)8-9-19(21)23;2-3-1-4/h5-10,22-24H,11H2,1-4H3;1H,2H2,(H,3,4)/b9-8-,22-17?,23-19?;. The van der Waals surface area contributed by atoms with Crippen molar-refractivity contribution < 1.29 is 9.53 Å². The molecule has 0 spiro atoms. The van der Waals surface area contributed by atoms with Gasteiger partial charge in [-0.15, -0.1) is 0 Å². The van der Waals surface area contributed by atoms with Gasteiger partial charge in [-0.25, -0.2) is 10.8 Å². The Morgan fingerprint density at radius 1 is 1.23 bits per heavy atom. The molecule has 0 aliphatic rings. The van der Waals surface area contributed by atoms with Crippen LogP contribution in [-0.2, 0) is 11.4 Å². The Bertz CT molecular complexity index is 943. The fourth-order valence-corrected chi connectivity index (χ4v) is 2.68. The molecule has 0 aliphatic carbocycles. The Morgan fingerprint density at radius 3 is 2.47 bits per heavy atom. The molecule has 0 saturated carbocycles. The van der Waals surface area contributed by atoms with Crippen LogP contribution in [-0.4, -0.2) is 29.3 Å². The first-order valence-corrected chi connectivity index (χ1v) is 9.41. The summed E-state index contributed by atoms with van der Waals surface area (Å²) >= 11 is 5.50. The minimum Gasteiger partial charge on any atom is -0.473 e. The van der Waals surface area contributed by atoms with Crippen molar-refractivity contribution in [1.82, 2.24) is 10.4 Å². The molecule has 9 heteroatoms. The van der Waals surface area contributed by atoms with E-state index in [1.54, 1.807) is 5.43 Å². The third kappa shape index (κ3) is 7.31. The molecule has 8 nitrogen and oxygen atoms in total. The van der Waals surface area contributed by atoms with Crippen molar-refractivity contribution in [1.29, 1.82) is 10.8 Å². The first kappa shape index (κ1) is 24.8. The maximum absolute atomic E-state index is 8.94. The Balaban J connectivity index is 0.00000103. The van der Waals surface area contributed by atoms with Crippen LogP contribution in [0.1, 0.15) is 27.9 Å². The topological polar surface area (TPSA) is 137 Å². The third-order valence-electron chi connectivity index (χ3n) is 4.14. The quantitative estimate of drug-likeness (QED) is 0.144. The van der Waals surface area contributed by atoms with E-state index in [9.17, 15) is 0 Å². The Kier molecular flexibility index (Phi) is 10.2. The molecule has 2 aromatic rings. The van der Waals surface area contributed by atoms with Gasteiger partial charge in [0, 0.05) is 29.4 Å². The van der Waals surface area contributed by atoms with E-state index < -0.39 is 0 Å². The lowest BCUT2D eigenvalue weighted by Gasteiger charge is -2.15. The van der Waals surface area contributed by atoms with Crippen LogP contribution in [0.4, 0.5) is 5.69 Å². The highest BCUT2D eigenvalue weighted by molar-refractivity contribution is 6.67. The highest BCUT2D eigenvalue weighted by Crippen LogP contribution is 2.24. The van der Waals surface area contributed by atoms with Crippen molar-refractivity contribution >= 4 is 34.6 Å². The second-order valence-electron chi connectivity index (χ2n) is 6.26. The van der Waals surface area contributed by atoms with Gasteiger partial charge in [-0.05, 0) is 50.6 Å². The number of hydrogen-bond acceptors (Lipinski definition) is 7. The molecule has 2 rings (SSSR count). The number of nitrogens with one attached hydrogen (secondary N) is 4. The summed E-state index contributed by atoms with van der Waals surface area (Å²) in [5.41, 5.74) is 7.52. The van der Waals surface area contributed by atoms with Crippen LogP contribution in [0.3, 0.4) is 0 Å². The molecule has 0 saturated heterocycles. The number of nitrogens with two attached hydrogens (primary N) is 1. The molecule has 160 valence electrons. The van der Waals surface area contributed by atoms with E-state index in [1.165, 1.54) is 12.2 Å². The number of anilines is 1. The molecule has 0 radical (unpaired) electrons. The van der Waals surface area contributed by atoms with Crippen LogP contribution in [0, 0.1) is 31.6 Å². The first-order chi connectivity index (χ1) is 14.2. The number of rotatable bonds is 8. The summed E-state index contributed by atoms with van der Waals surface area (Å²) in [6.07, 6.45) is 3.27. The molecular formula is C21H27ClN6O2. The molecule has 0 fully saturated rings. The highest BCUT2D eigenvalue weighted by atomic mass is 35.5. The van der Waals surface area contributed by atoms with Crippen LogP contribution >= 0.6 is 11.6 Å². The summed E-state index contributed by atoms with van der Waals surface area (Å²) in [7, 11) is 1.89. The number of hydrazine groups is 1. The summed E-state index contributed by atoms with van der Waals surface area (Å²) in [5, 5.41) is 18.4. The van der Waals surface area contributed by atoms with Crippen LogP contribution in [0.2, 0.25) is 0 Å². The van der Waals surface area contributed by atoms with Gasteiger partial charge in [0.2, 0.25) is 12.3 Å². The predicted molar refractivity (Wildman–Crippen MR) is 122 cm³/mol. The van der Waals surface area contributed by atoms with Gasteiger partial charge in [-0.1, -0.05) is 23.7 Å². The van der Waals surface area contributed by atoms with Gasteiger partial charge in [-0.3, -0.25) is 15.6 Å². The molecule has 1 aromatic heterocycles. The van der Waals surface area contributed by atoms with Gasteiger partial charge in [-0.2, -0.15) is 0 Å². The van der Waals surface area contributed by atoms with Gasteiger partial charge < -0.3 is 15.5 Å². The molecule has 0 unspecified atom stereocenters. The number of ether oxygens (including phenoxy) is 1. The lowest BCUT2D eigenvalue weighted by molar-refractivity contribution is -0.109. The number of halogens is 1. The number of aromatic nitrogens is 1. The molecule has 6 N–H and O–H groups in total. The van der Waals surface area contributed by atoms with Crippen molar-refractivity contribution in [3.63, 3.8) is 0 Å². The maximum atomic E-state index is 8.94. The van der Waals surface area contributed by atoms with E-state index in [-0.39, 0.29) is 10.9 Å². The molecular weight excluding hydrogens is 404 g/mol. The monoisotopic (exact) mass is 430 g/mol. The largest absolute Gasteiger partial charge is 0.473 e. The summed E-state index contributed by atoms with van der Waals surface area (Å²) in [4.78, 5) is 13.5. The van der Waals surface area contributed by atoms with E-state index in [1.807, 2.05) is 39.1 Å². The van der Waals surface area contributed by atoms with Crippen molar-refractivity contribution in [3.05, 3.63) is 64.4 Å². The number of hydrogen-bond donors (Lipinski definition) is 5. The summed E-state index contributed by atoms with van der Waals surface area (Å²) in [5.74, 6) is 4.96. The van der Waals surface area contributed by atoms with Gasteiger partial charge in [0.1, 0.15) is 11.8 Å². The van der Waals surface area contributed by atoms with E-state index in [2.05, 4.69) is 29.1 Å². The van der Waals surface area contributed by atoms with Crippen LogP contribution in [0.5, 0.6) is 5.88 Å². The first-order valence-electron chi connectivity index (χ1n) is 9.03. The normalized spacial score (nSPS) is 10.1. The number of allylic oxidation sites excluding steroid dienone is 2. The fraction of sp³-hybridized carbons (Fsp3) is 0.238. The SMILES string of the molecule is CNc1cccc(C)c1COc1nc(C)c(C(=N)/C=C\C(=N)Cl)cc1C.NNC=O. The summed E-state index contributed by atoms with van der Waals surface area (Å²) in [6, 6.07) is 7.95. The lowest BCUT2D eigenvalue weighted by Crippen LogP contribution is -2.18. The fourth-order valence-electron chi connectivity index (χ4n) is 2.62. The maximum Gasteiger partial charge on any atom is 0.221 e. The summed E-state index contributed by atoms with van der Waals surface area (Å²) < 4.78 is 5.97. The molecule has 1 amide bonds. The molecule has 30 heavy (non-hydrogen) atoms. The number of amides is 1.